The summed E-state index contributed by atoms with van der Waals surface area (Å²) in [5.41, 5.74) is 1.03. The summed E-state index contributed by atoms with van der Waals surface area (Å²) in [4.78, 5) is 7.33. The normalized spacial score (nSPS) is 12.6. The first-order valence-corrected chi connectivity index (χ1v) is 7.74. The molecule has 0 fully saturated rings. The number of aromatic nitrogens is 2. The fourth-order valence-corrected chi connectivity index (χ4v) is 3.21. The van der Waals surface area contributed by atoms with E-state index >= 15 is 0 Å². The zero-order valence-electron chi connectivity index (χ0n) is 12.6. The molecule has 0 aliphatic rings. The first-order valence-electron chi connectivity index (χ1n) is 6.93. The summed E-state index contributed by atoms with van der Waals surface area (Å²) in [5, 5.41) is 3.50. The number of nitrogens with one attached hydrogen (secondary N) is 1. The monoisotopic (exact) mass is 293 g/mol. The Hall–Kier alpha value is -1.33. The highest BCUT2D eigenvalue weighted by Crippen LogP contribution is 2.18. The van der Waals surface area contributed by atoms with Gasteiger partial charge in [-0.05, 0) is 32.9 Å². The topological polar surface area (TPSA) is 39.1 Å². The standard InChI is InChI=1S/C15H23N3OS/c1-11(9-14-6-5-13(3)20-14)16-15-17-12(2)10-18(15)7-8-19-4/h5-6,10-11H,7-9H2,1-4H3,(H,16,17). The van der Waals surface area contributed by atoms with E-state index in [4.69, 9.17) is 4.74 Å². The second kappa shape index (κ2) is 6.90. The van der Waals surface area contributed by atoms with Crippen LogP contribution in [-0.4, -0.2) is 29.3 Å². The van der Waals surface area contributed by atoms with Gasteiger partial charge in [-0.15, -0.1) is 11.3 Å². The Morgan fingerprint density at radius 1 is 1.40 bits per heavy atom. The number of hydrogen-bond acceptors (Lipinski definition) is 4. The minimum atomic E-state index is 0.358. The zero-order valence-corrected chi connectivity index (χ0v) is 13.5. The molecular weight excluding hydrogens is 270 g/mol. The minimum absolute atomic E-state index is 0.358. The van der Waals surface area contributed by atoms with Gasteiger partial charge in [0.2, 0.25) is 5.95 Å². The molecule has 0 aliphatic carbocycles. The Morgan fingerprint density at radius 3 is 2.85 bits per heavy atom. The third-order valence-electron chi connectivity index (χ3n) is 3.11. The van der Waals surface area contributed by atoms with Gasteiger partial charge in [0, 0.05) is 42.1 Å². The molecule has 0 spiro atoms. The maximum atomic E-state index is 5.14. The predicted octanol–water partition coefficient (Wildman–Crippen LogP) is 3.25. The van der Waals surface area contributed by atoms with Gasteiger partial charge in [-0.1, -0.05) is 0 Å². The summed E-state index contributed by atoms with van der Waals surface area (Å²) in [6, 6.07) is 4.74. The van der Waals surface area contributed by atoms with Crippen LogP contribution in [0.1, 0.15) is 22.4 Å². The van der Waals surface area contributed by atoms with Gasteiger partial charge in [0.25, 0.3) is 0 Å². The van der Waals surface area contributed by atoms with E-state index < -0.39 is 0 Å². The second-order valence-electron chi connectivity index (χ2n) is 5.15. The maximum Gasteiger partial charge on any atom is 0.203 e. The van der Waals surface area contributed by atoms with Gasteiger partial charge in [0.1, 0.15) is 0 Å². The van der Waals surface area contributed by atoms with Crippen molar-refractivity contribution < 1.29 is 4.74 Å². The van der Waals surface area contributed by atoms with Crippen LogP contribution in [0.3, 0.4) is 0 Å². The average Bonchev–Trinajstić information content (AvgIpc) is 2.93. The SMILES string of the molecule is COCCn1cc(C)nc1NC(C)Cc1ccc(C)s1. The number of aryl methyl sites for hydroxylation is 2. The fourth-order valence-electron chi connectivity index (χ4n) is 2.19. The minimum Gasteiger partial charge on any atom is -0.383 e. The average molecular weight is 293 g/mol. The fraction of sp³-hybridized carbons (Fsp3) is 0.533. The van der Waals surface area contributed by atoms with Crippen LogP contribution >= 0.6 is 11.3 Å². The lowest BCUT2D eigenvalue weighted by Gasteiger charge is -2.15. The van der Waals surface area contributed by atoms with Crippen LogP contribution in [0.5, 0.6) is 0 Å². The van der Waals surface area contributed by atoms with Crippen LogP contribution in [0.15, 0.2) is 18.3 Å². The van der Waals surface area contributed by atoms with Crippen molar-refractivity contribution in [1.29, 1.82) is 0 Å². The van der Waals surface area contributed by atoms with Crippen LogP contribution < -0.4 is 5.32 Å². The van der Waals surface area contributed by atoms with Crippen LogP contribution in [-0.2, 0) is 17.7 Å². The lowest BCUT2D eigenvalue weighted by molar-refractivity contribution is 0.187. The molecule has 20 heavy (non-hydrogen) atoms. The summed E-state index contributed by atoms with van der Waals surface area (Å²) in [7, 11) is 1.72. The molecule has 0 radical (unpaired) electrons. The van der Waals surface area contributed by atoms with E-state index in [1.165, 1.54) is 9.75 Å². The molecule has 2 rings (SSSR count). The molecule has 1 unspecified atom stereocenters. The van der Waals surface area contributed by atoms with Crippen LogP contribution in [0.2, 0.25) is 0 Å². The van der Waals surface area contributed by atoms with Gasteiger partial charge < -0.3 is 14.6 Å². The number of ether oxygens (including phenoxy) is 1. The number of hydrogen-bond donors (Lipinski definition) is 1. The van der Waals surface area contributed by atoms with Crippen LogP contribution in [0.25, 0.3) is 0 Å². The van der Waals surface area contributed by atoms with Crippen molar-refractivity contribution in [2.24, 2.45) is 0 Å². The summed E-state index contributed by atoms with van der Waals surface area (Å²) >= 11 is 1.86. The smallest absolute Gasteiger partial charge is 0.203 e. The van der Waals surface area contributed by atoms with Crippen LogP contribution in [0, 0.1) is 13.8 Å². The van der Waals surface area contributed by atoms with E-state index in [1.807, 2.05) is 18.3 Å². The van der Waals surface area contributed by atoms with Crippen molar-refractivity contribution in [3.63, 3.8) is 0 Å². The highest BCUT2D eigenvalue weighted by atomic mass is 32.1. The van der Waals surface area contributed by atoms with E-state index in [9.17, 15) is 0 Å². The van der Waals surface area contributed by atoms with Gasteiger partial charge >= 0.3 is 0 Å². The largest absolute Gasteiger partial charge is 0.383 e. The van der Waals surface area contributed by atoms with Crippen LogP contribution in [0.4, 0.5) is 5.95 Å². The molecule has 0 amide bonds. The lowest BCUT2D eigenvalue weighted by atomic mass is 10.2. The predicted molar refractivity (Wildman–Crippen MR) is 84.7 cm³/mol. The molecule has 0 aliphatic heterocycles. The highest BCUT2D eigenvalue weighted by molar-refractivity contribution is 7.11. The third kappa shape index (κ3) is 4.08. The van der Waals surface area contributed by atoms with Crippen molar-refractivity contribution in [2.75, 3.05) is 19.0 Å². The maximum absolute atomic E-state index is 5.14. The first kappa shape index (κ1) is 15.1. The summed E-state index contributed by atoms with van der Waals surface area (Å²) in [6.45, 7) is 7.88. The molecule has 1 atom stereocenters. The number of anilines is 1. The molecule has 0 aromatic carbocycles. The number of imidazole rings is 1. The van der Waals surface area contributed by atoms with Gasteiger partial charge in [0.15, 0.2) is 0 Å². The number of rotatable bonds is 7. The van der Waals surface area contributed by atoms with Gasteiger partial charge in [-0.25, -0.2) is 4.98 Å². The van der Waals surface area contributed by atoms with Gasteiger partial charge in [0.05, 0.1) is 12.3 Å². The first-order chi connectivity index (χ1) is 9.58. The number of thiophene rings is 1. The molecule has 1 N–H and O–H groups in total. The molecule has 4 nitrogen and oxygen atoms in total. The van der Waals surface area contributed by atoms with E-state index in [0.29, 0.717) is 12.6 Å². The van der Waals surface area contributed by atoms with Gasteiger partial charge in [-0.3, -0.25) is 0 Å². The highest BCUT2D eigenvalue weighted by Gasteiger charge is 2.10. The molecule has 2 aromatic rings. The number of methoxy groups -OCH3 is 1. The molecule has 2 aromatic heterocycles. The lowest BCUT2D eigenvalue weighted by Crippen LogP contribution is -2.21. The van der Waals surface area contributed by atoms with Crippen molar-refractivity contribution in [3.8, 4) is 0 Å². The van der Waals surface area contributed by atoms with Crippen molar-refractivity contribution >= 4 is 17.3 Å². The molecule has 5 heteroatoms. The van der Waals surface area contributed by atoms with E-state index in [2.05, 4.69) is 47.0 Å². The molecule has 0 saturated heterocycles. The summed E-state index contributed by atoms with van der Waals surface area (Å²) < 4.78 is 7.26. The quantitative estimate of drug-likeness (QED) is 0.851. The molecule has 2 heterocycles. The summed E-state index contributed by atoms with van der Waals surface area (Å²) in [5.74, 6) is 0.931. The summed E-state index contributed by atoms with van der Waals surface area (Å²) in [6.07, 6.45) is 3.08. The van der Waals surface area contributed by atoms with E-state index in [0.717, 1.165) is 24.6 Å². The van der Waals surface area contributed by atoms with Gasteiger partial charge in [-0.2, -0.15) is 0 Å². The van der Waals surface area contributed by atoms with Crippen molar-refractivity contribution in [2.45, 2.75) is 39.8 Å². The zero-order chi connectivity index (χ0) is 14.5. The Morgan fingerprint density at radius 2 is 2.20 bits per heavy atom. The van der Waals surface area contributed by atoms with Crippen molar-refractivity contribution in [3.05, 3.63) is 33.8 Å². The Labute approximate surface area is 124 Å². The van der Waals surface area contributed by atoms with E-state index in [-0.39, 0.29) is 0 Å². The molecule has 110 valence electrons. The Balaban J connectivity index is 1.97. The molecule has 0 saturated carbocycles. The van der Waals surface area contributed by atoms with E-state index in [1.54, 1.807) is 7.11 Å². The third-order valence-corrected chi connectivity index (χ3v) is 4.14. The molecular formula is C15H23N3OS. The number of nitrogens with zero attached hydrogens (tertiary/aromatic N) is 2. The Bertz CT molecular complexity index is 547. The molecule has 0 bridgehead atoms. The Kier molecular flexibility index (Phi) is 5.20. The van der Waals surface area contributed by atoms with Crippen molar-refractivity contribution in [1.82, 2.24) is 9.55 Å². The second-order valence-corrected chi connectivity index (χ2v) is 6.53.